The molecule has 0 saturated heterocycles. The Morgan fingerprint density at radius 3 is 2.71 bits per heavy atom. The molecule has 1 aromatic rings. The lowest BCUT2D eigenvalue weighted by Crippen LogP contribution is -1.95. The zero-order chi connectivity index (χ0) is 12.6. The summed E-state index contributed by atoms with van der Waals surface area (Å²) in [6, 6.07) is 3.39. The van der Waals surface area contributed by atoms with E-state index in [9.17, 15) is 17.6 Å². The Hall–Kier alpha value is -1.69. The van der Waals surface area contributed by atoms with Crippen LogP contribution in [0.15, 0.2) is 28.5 Å². The molecule has 2 rings (SSSR count). The zero-order valence-electron chi connectivity index (χ0n) is 8.68. The van der Waals surface area contributed by atoms with Gasteiger partial charge in [-0.3, -0.25) is 4.79 Å². The van der Waals surface area contributed by atoms with Crippen LogP contribution in [0.25, 0.3) is 5.57 Å². The Morgan fingerprint density at radius 2 is 2.06 bits per heavy atom. The first-order valence-corrected chi connectivity index (χ1v) is 6.42. The van der Waals surface area contributed by atoms with E-state index in [0.29, 0.717) is 5.57 Å². The Kier molecular flexibility index (Phi) is 2.74. The molecule has 17 heavy (non-hydrogen) atoms. The fraction of sp³-hybridized carbons (Fsp3) is 0.182. The molecule has 0 bridgehead atoms. The first-order valence-electron chi connectivity index (χ1n) is 4.87. The van der Waals surface area contributed by atoms with Crippen LogP contribution in [0.5, 0.6) is 0 Å². The second-order valence-corrected chi connectivity index (χ2v) is 5.49. The predicted octanol–water partition coefficient (Wildman–Crippen LogP) is 1.82. The molecule has 0 unspecified atom stereocenters. The van der Waals surface area contributed by atoms with E-state index in [1.54, 1.807) is 0 Å². The lowest BCUT2D eigenvalue weighted by Gasteiger charge is -2.02. The highest BCUT2D eigenvalue weighted by Gasteiger charge is 2.27. The third-order valence-electron chi connectivity index (χ3n) is 2.50. The van der Waals surface area contributed by atoms with E-state index in [2.05, 4.69) is 0 Å². The van der Waals surface area contributed by atoms with Gasteiger partial charge in [-0.05, 0) is 30.2 Å². The SMILES string of the molecule is O=C(O)CCC1=CS(=O)(=O)c2ccc(F)cc21. The van der Waals surface area contributed by atoms with Crippen LogP contribution in [-0.4, -0.2) is 19.5 Å². The van der Waals surface area contributed by atoms with Crippen LogP contribution in [0.1, 0.15) is 18.4 Å². The summed E-state index contributed by atoms with van der Waals surface area (Å²) in [4.78, 5) is 10.5. The topological polar surface area (TPSA) is 71.4 Å². The Balaban J connectivity index is 2.44. The van der Waals surface area contributed by atoms with Gasteiger partial charge in [-0.1, -0.05) is 0 Å². The van der Waals surface area contributed by atoms with Crippen molar-refractivity contribution < 1.29 is 22.7 Å². The van der Waals surface area contributed by atoms with Crippen LogP contribution in [-0.2, 0) is 14.6 Å². The van der Waals surface area contributed by atoms with Crippen molar-refractivity contribution in [2.24, 2.45) is 0 Å². The van der Waals surface area contributed by atoms with Crippen LogP contribution in [0, 0.1) is 5.82 Å². The molecule has 0 aliphatic carbocycles. The number of sulfone groups is 1. The van der Waals surface area contributed by atoms with Crippen molar-refractivity contribution in [3.8, 4) is 0 Å². The summed E-state index contributed by atoms with van der Waals surface area (Å²) < 4.78 is 36.4. The van der Waals surface area contributed by atoms with Gasteiger partial charge < -0.3 is 5.11 Å². The van der Waals surface area contributed by atoms with Crippen molar-refractivity contribution in [2.75, 3.05) is 0 Å². The molecule has 1 aliphatic heterocycles. The number of halogens is 1. The van der Waals surface area contributed by atoms with Crippen LogP contribution in [0.3, 0.4) is 0 Å². The molecule has 6 heteroatoms. The normalized spacial score (nSPS) is 16.4. The zero-order valence-corrected chi connectivity index (χ0v) is 9.50. The predicted molar refractivity (Wildman–Crippen MR) is 58.4 cm³/mol. The number of allylic oxidation sites excluding steroid dienone is 1. The minimum atomic E-state index is -3.54. The summed E-state index contributed by atoms with van der Waals surface area (Å²) in [5.41, 5.74) is 0.619. The lowest BCUT2D eigenvalue weighted by molar-refractivity contribution is -0.136. The number of hydrogen-bond donors (Lipinski definition) is 1. The van der Waals surface area contributed by atoms with Gasteiger partial charge in [0.15, 0.2) is 0 Å². The number of rotatable bonds is 3. The summed E-state index contributed by atoms with van der Waals surface area (Å²) in [5.74, 6) is -1.56. The van der Waals surface area contributed by atoms with Crippen molar-refractivity contribution in [1.29, 1.82) is 0 Å². The molecular formula is C11H9FO4S. The summed E-state index contributed by atoms with van der Waals surface area (Å²) in [5, 5.41) is 9.57. The molecular weight excluding hydrogens is 247 g/mol. The second-order valence-electron chi connectivity index (χ2n) is 3.72. The maximum absolute atomic E-state index is 13.0. The maximum atomic E-state index is 13.0. The average Bonchev–Trinajstić information content (AvgIpc) is 2.47. The highest BCUT2D eigenvalue weighted by atomic mass is 32.2. The van der Waals surface area contributed by atoms with Crippen molar-refractivity contribution in [1.82, 2.24) is 0 Å². The van der Waals surface area contributed by atoms with Gasteiger partial charge in [0.25, 0.3) is 0 Å². The van der Waals surface area contributed by atoms with E-state index >= 15 is 0 Å². The van der Waals surface area contributed by atoms with E-state index < -0.39 is 21.6 Å². The van der Waals surface area contributed by atoms with Gasteiger partial charge in [0.05, 0.1) is 4.90 Å². The number of benzene rings is 1. The van der Waals surface area contributed by atoms with E-state index in [-0.39, 0.29) is 23.3 Å². The van der Waals surface area contributed by atoms with Crippen molar-refractivity contribution in [3.63, 3.8) is 0 Å². The highest BCUT2D eigenvalue weighted by molar-refractivity contribution is 7.95. The van der Waals surface area contributed by atoms with Gasteiger partial charge in [0.1, 0.15) is 5.82 Å². The van der Waals surface area contributed by atoms with Crippen LogP contribution in [0.4, 0.5) is 4.39 Å². The summed E-state index contributed by atoms with van der Waals surface area (Å²) in [6.45, 7) is 0. The molecule has 4 nitrogen and oxygen atoms in total. The van der Waals surface area contributed by atoms with E-state index in [4.69, 9.17) is 5.11 Å². The number of hydrogen-bond acceptors (Lipinski definition) is 3. The fourth-order valence-electron chi connectivity index (χ4n) is 1.75. The molecule has 1 heterocycles. The van der Waals surface area contributed by atoms with E-state index in [1.807, 2.05) is 0 Å². The maximum Gasteiger partial charge on any atom is 0.303 e. The third-order valence-corrected chi connectivity index (χ3v) is 4.06. The van der Waals surface area contributed by atoms with E-state index in [0.717, 1.165) is 17.5 Å². The standard InChI is InChI=1S/C11H9FO4S/c12-8-2-3-10-9(5-8)7(1-4-11(13)14)6-17(10,15)16/h2-3,5-6H,1,4H2,(H,13,14). The molecule has 0 amide bonds. The monoisotopic (exact) mass is 256 g/mol. The smallest absolute Gasteiger partial charge is 0.303 e. The Morgan fingerprint density at radius 1 is 1.35 bits per heavy atom. The first-order chi connectivity index (χ1) is 7.90. The average molecular weight is 256 g/mol. The molecule has 1 aromatic carbocycles. The van der Waals surface area contributed by atoms with Gasteiger partial charge in [0.2, 0.25) is 9.84 Å². The summed E-state index contributed by atoms with van der Waals surface area (Å²) >= 11 is 0. The van der Waals surface area contributed by atoms with Crippen LogP contribution in [0.2, 0.25) is 0 Å². The third kappa shape index (κ3) is 2.21. The largest absolute Gasteiger partial charge is 0.481 e. The van der Waals surface area contributed by atoms with Gasteiger partial charge >= 0.3 is 5.97 Å². The van der Waals surface area contributed by atoms with Gasteiger partial charge in [-0.2, -0.15) is 0 Å². The number of aliphatic carboxylic acids is 1. The quantitative estimate of drug-likeness (QED) is 0.837. The molecule has 0 fully saturated rings. The highest BCUT2D eigenvalue weighted by Crippen LogP contribution is 2.36. The molecule has 1 aliphatic rings. The Bertz CT molecular complexity index is 616. The summed E-state index contributed by atoms with van der Waals surface area (Å²) in [6.07, 6.45) is -0.109. The molecule has 0 aromatic heterocycles. The van der Waals surface area contributed by atoms with Gasteiger partial charge in [-0.15, -0.1) is 0 Å². The fourth-order valence-corrected chi connectivity index (χ4v) is 3.25. The van der Waals surface area contributed by atoms with Gasteiger partial charge in [-0.25, -0.2) is 12.8 Å². The van der Waals surface area contributed by atoms with Crippen molar-refractivity contribution in [3.05, 3.63) is 35.0 Å². The lowest BCUT2D eigenvalue weighted by atomic mass is 10.0. The van der Waals surface area contributed by atoms with E-state index in [1.165, 1.54) is 6.07 Å². The molecule has 0 spiro atoms. The second kappa shape index (κ2) is 3.96. The molecule has 1 N–H and O–H groups in total. The minimum Gasteiger partial charge on any atom is -0.481 e. The summed E-state index contributed by atoms with van der Waals surface area (Å²) in [7, 11) is -3.54. The first kappa shape index (κ1) is 11.8. The Labute approximate surface area is 97.3 Å². The molecule has 0 radical (unpaired) electrons. The number of carboxylic acids is 1. The minimum absolute atomic E-state index is 0.0410. The molecule has 0 atom stereocenters. The van der Waals surface area contributed by atoms with Crippen LogP contribution < -0.4 is 0 Å². The van der Waals surface area contributed by atoms with Crippen molar-refractivity contribution in [2.45, 2.75) is 17.7 Å². The number of carboxylic acid groups (broad SMARTS) is 1. The van der Waals surface area contributed by atoms with Gasteiger partial charge in [0, 0.05) is 17.4 Å². The number of fused-ring (bicyclic) bond motifs is 1. The molecule has 0 saturated carbocycles. The van der Waals surface area contributed by atoms with Crippen LogP contribution >= 0.6 is 0 Å². The number of carbonyl (C=O) groups is 1. The van der Waals surface area contributed by atoms with Crippen molar-refractivity contribution >= 4 is 21.4 Å². The molecule has 90 valence electrons.